The Labute approximate surface area is 358 Å². The third-order valence-corrected chi connectivity index (χ3v) is 11.2. The molecule has 0 radical (unpaired) electrons. The number of rotatable bonds is 9. The number of hydrogen-bond donors (Lipinski definition) is 2. The average Bonchev–Trinajstić information content (AvgIpc) is 3.06. The predicted molar refractivity (Wildman–Crippen MR) is 251 cm³/mol. The van der Waals surface area contributed by atoms with Gasteiger partial charge >= 0.3 is 0 Å². The monoisotopic (exact) mass is 807 g/mol. The standard InChI is InChI=1S/C51H78N6O2/c1-46(2,3)35-22-32(23-36(28-35)47(4,5)6)29-55(19)43-52-44(56(20)30-33-24-37(48(7,8)9)41(58)38(25-33)49(10,11)12)54-45(53-43)57(21)31-34-26-39(50(13,14)15)42(59)40(27-34)51(16,17)18/h22-28,58-59H,29-31H2,1-21H3. The number of phenolic OH excluding ortho intramolecular Hbond substituents is 2. The van der Waals surface area contributed by atoms with Crippen LogP contribution in [0, 0.1) is 0 Å². The van der Waals surface area contributed by atoms with Crippen LogP contribution in [0.4, 0.5) is 17.8 Å². The second-order valence-corrected chi connectivity index (χ2v) is 23.3. The van der Waals surface area contributed by atoms with Crippen molar-refractivity contribution in [2.24, 2.45) is 0 Å². The van der Waals surface area contributed by atoms with Gasteiger partial charge in [0, 0.05) is 40.8 Å². The van der Waals surface area contributed by atoms with Crippen LogP contribution in [0.3, 0.4) is 0 Å². The third-order valence-electron chi connectivity index (χ3n) is 11.2. The van der Waals surface area contributed by atoms with Gasteiger partial charge < -0.3 is 24.9 Å². The summed E-state index contributed by atoms with van der Waals surface area (Å²) in [5.41, 5.74) is 8.68. The Morgan fingerprint density at radius 2 is 0.576 bits per heavy atom. The molecule has 0 aliphatic rings. The fourth-order valence-corrected chi connectivity index (χ4v) is 7.40. The molecule has 2 N–H and O–H groups in total. The van der Waals surface area contributed by atoms with Gasteiger partial charge in [-0.2, -0.15) is 15.0 Å². The number of benzene rings is 3. The molecule has 0 unspecified atom stereocenters. The first kappa shape index (κ1) is 47.3. The highest BCUT2D eigenvalue weighted by atomic mass is 16.3. The molecule has 8 nitrogen and oxygen atoms in total. The number of hydrogen-bond acceptors (Lipinski definition) is 8. The van der Waals surface area contributed by atoms with Gasteiger partial charge in [-0.25, -0.2) is 0 Å². The molecule has 4 aromatic rings. The molecule has 1 heterocycles. The Kier molecular flexibility index (Phi) is 13.1. The summed E-state index contributed by atoms with van der Waals surface area (Å²) < 4.78 is 0. The molecule has 0 aliphatic carbocycles. The third kappa shape index (κ3) is 11.5. The van der Waals surface area contributed by atoms with Crippen LogP contribution in [0.5, 0.6) is 11.5 Å². The van der Waals surface area contributed by atoms with E-state index < -0.39 is 0 Å². The molecule has 8 heteroatoms. The van der Waals surface area contributed by atoms with Gasteiger partial charge in [-0.3, -0.25) is 0 Å². The fourth-order valence-electron chi connectivity index (χ4n) is 7.40. The molecule has 4 rings (SSSR count). The number of aromatic hydroxyl groups is 2. The maximum Gasteiger partial charge on any atom is 0.232 e. The van der Waals surface area contributed by atoms with Gasteiger partial charge in [0.05, 0.1) is 0 Å². The summed E-state index contributed by atoms with van der Waals surface area (Å²) in [5, 5.41) is 22.9. The number of nitrogens with zero attached hydrogens (tertiary/aromatic N) is 6. The summed E-state index contributed by atoms with van der Waals surface area (Å²) in [6.07, 6.45) is 0. The van der Waals surface area contributed by atoms with Crippen molar-refractivity contribution in [3.8, 4) is 11.5 Å². The van der Waals surface area contributed by atoms with Gasteiger partial charge in [0.15, 0.2) is 0 Å². The summed E-state index contributed by atoms with van der Waals surface area (Å²) >= 11 is 0. The smallest absolute Gasteiger partial charge is 0.232 e. The summed E-state index contributed by atoms with van der Waals surface area (Å²) in [6.45, 7) is 41.0. The molecule has 1 aromatic heterocycles. The van der Waals surface area contributed by atoms with Crippen molar-refractivity contribution < 1.29 is 10.2 Å². The fraction of sp³-hybridized carbons (Fsp3) is 0.588. The minimum absolute atomic E-state index is 0.00458. The number of phenols is 2. The van der Waals surface area contributed by atoms with Crippen LogP contribution in [-0.2, 0) is 52.1 Å². The molecular formula is C51H78N6O2. The molecule has 0 amide bonds. The highest BCUT2D eigenvalue weighted by molar-refractivity contribution is 5.54. The van der Waals surface area contributed by atoms with Gasteiger partial charge in [-0.1, -0.05) is 143 Å². The minimum atomic E-state index is -0.247. The van der Waals surface area contributed by atoms with E-state index >= 15 is 0 Å². The van der Waals surface area contributed by atoms with E-state index in [0.717, 1.165) is 33.4 Å². The molecule has 0 atom stereocenters. The zero-order valence-electron chi connectivity index (χ0n) is 40.7. The lowest BCUT2D eigenvalue weighted by molar-refractivity contribution is 0.421. The van der Waals surface area contributed by atoms with E-state index in [1.807, 2.05) is 14.1 Å². The first-order valence-electron chi connectivity index (χ1n) is 21.4. The van der Waals surface area contributed by atoms with Crippen LogP contribution in [0.15, 0.2) is 42.5 Å². The van der Waals surface area contributed by atoms with Crippen LogP contribution in [0.25, 0.3) is 0 Å². The summed E-state index contributed by atoms with van der Waals surface area (Å²) in [6, 6.07) is 15.5. The predicted octanol–water partition coefficient (Wildman–Crippen LogP) is 12.0. The van der Waals surface area contributed by atoms with Gasteiger partial charge in [0.2, 0.25) is 17.8 Å². The van der Waals surface area contributed by atoms with Crippen LogP contribution < -0.4 is 14.7 Å². The number of aromatic nitrogens is 3. The molecule has 0 bridgehead atoms. The molecule has 0 aliphatic heterocycles. The second kappa shape index (κ2) is 16.3. The molecule has 324 valence electrons. The largest absolute Gasteiger partial charge is 0.507 e. The molecule has 0 saturated heterocycles. The SMILES string of the molecule is CN(Cc1cc(C(C)(C)C)cc(C(C)(C)C)c1)c1nc(N(C)Cc2cc(C(C)(C)C)c(O)c(C(C)(C)C)c2)nc(N(C)Cc2cc(C(C)(C)C)c(O)c(C(C)(C)C)c2)n1. The van der Waals surface area contributed by atoms with Crippen LogP contribution >= 0.6 is 0 Å². The molecule has 0 saturated carbocycles. The second-order valence-electron chi connectivity index (χ2n) is 23.3. The Morgan fingerprint density at radius 1 is 0.356 bits per heavy atom. The lowest BCUT2D eigenvalue weighted by Gasteiger charge is -2.30. The minimum Gasteiger partial charge on any atom is -0.507 e. The zero-order chi connectivity index (χ0) is 45.0. The Bertz CT molecular complexity index is 1920. The van der Waals surface area contributed by atoms with Gasteiger partial charge in [-0.15, -0.1) is 0 Å². The Hall–Kier alpha value is -4.33. The van der Waals surface area contributed by atoms with Gasteiger partial charge in [0.1, 0.15) is 11.5 Å². The summed E-state index contributed by atoms with van der Waals surface area (Å²) in [4.78, 5) is 21.7. The topological polar surface area (TPSA) is 88.9 Å². The van der Waals surface area contributed by atoms with Crippen molar-refractivity contribution in [3.63, 3.8) is 0 Å². The van der Waals surface area contributed by atoms with E-state index in [9.17, 15) is 10.2 Å². The highest BCUT2D eigenvalue weighted by Gasteiger charge is 2.29. The lowest BCUT2D eigenvalue weighted by atomic mass is 9.78. The van der Waals surface area contributed by atoms with Crippen LogP contribution in [0.2, 0.25) is 0 Å². The Balaban J connectivity index is 1.87. The Morgan fingerprint density at radius 3 is 0.780 bits per heavy atom. The molecular weight excluding hydrogens is 729 g/mol. The molecule has 0 fully saturated rings. The van der Waals surface area contributed by atoms with E-state index in [1.54, 1.807) is 0 Å². The molecule has 59 heavy (non-hydrogen) atoms. The summed E-state index contributed by atoms with van der Waals surface area (Å²) in [5.74, 6) is 2.43. The maximum atomic E-state index is 11.5. The molecule has 3 aromatic carbocycles. The van der Waals surface area contributed by atoms with Gasteiger partial charge in [0.25, 0.3) is 0 Å². The van der Waals surface area contributed by atoms with Crippen molar-refractivity contribution in [1.82, 2.24) is 15.0 Å². The highest BCUT2D eigenvalue weighted by Crippen LogP contribution is 2.42. The van der Waals surface area contributed by atoms with E-state index in [4.69, 9.17) is 15.0 Å². The van der Waals surface area contributed by atoms with Crippen molar-refractivity contribution in [3.05, 3.63) is 92.5 Å². The normalized spacial score (nSPS) is 13.2. The van der Waals surface area contributed by atoms with Crippen molar-refractivity contribution in [2.45, 2.75) is 177 Å². The van der Waals surface area contributed by atoms with Crippen molar-refractivity contribution in [1.29, 1.82) is 0 Å². The van der Waals surface area contributed by atoms with Crippen molar-refractivity contribution >= 4 is 17.8 Å². The van der Waals surface area contributed by atoms with E-state index in [-0.39, 0.29) is 32.5 Å². The maximum absolute atomic E-state index is 11.5. The van der Waals surface area contributed by atoms with E-state index in [2.05, 4.69) is 189 Å². The van der Waals surface area contributed by atoms with E-state index in [0.29, 0.717) is 49.0 Å². The van der Waals surface area contributed by atoms with Gasteiger partial charge in [-0.05, 0) is 107 Å². The first-order valence-corrected chi connectivity index (χ1v) is 21.4. The zero-order valence-corrected chi connectivity index (χ0v) is 40.7. The quantitative estimate of drug-likeness (QED) is 0.173. The molecule has 0 spiro atoms. The average molecular weight is 807 g/mol. The van der Waals surface area contributed by atoms with E-state index in [1.165, 1.54) is 16.7 Å². The summed E-state index contributed by atoms with van der Waals surface area (Å²) in [7, 11) is 6.10. The van der Waals surface area contributed by atoms with Crippen LogP contribution in [-0.4, -0.2) is 46.3 Å². The van der Waals surface area contributed by atoms with Crippen molar-refractivity contribution in [2.75, 3.05) is 35.8 Å². The number of anilines is 3. The first-order chi connectivity index (χ1) is 26.6. The lowest BCUT2D eigenvalue weighted by Crippen LogP contribution is -2.28. The van der Waals surface area contributed by atoms with Crippen LogP contribution in [0.1, 0.15) is 175 Å².